The highest BCUT2D eigenvalue weighted by Gasteiger charge is 2.46. The van der Waals surface area contributed by atoms with Crippen molar-refractivity contribution in [1.82, 2.24) is 5.32 Å². The van der Waals surface area contributed by atoms with Crippen molar-refractivity contribution in [3.63, 3.8) is 0 Å². The average Bonchev–Trinajstić information content (AvgIpc) is 2.29. The molecule has 1 aliphatic rings. The summed E-state index contributed by atoms with van der Waals surface area (Å²) in [4.78, 5) is 23.6. The second-order valence-electron chi connectivity index (χ2n) is 6.21. The van der Waals surface area contributed by atoms with Crippen molar-refractivity contribution in [3.8, 4) is 0 Å². The molecule has 0 aliphatic heterocycles. The highest BCUT2D eigenvalue weighted by Crippen LogP contribution is 2.37. The summed E-state index contributed by atoms with van der Waals surface area (Å²) < 4.78 is 36.9. The lowest BCUT2D eigenvalue weighted by atomic mass is 9.82. The standard InChI is InChI=1S/C14H23F2NO4/c1-5-20-11(18)9-8-14(15,16)7-6-10(9)17-12(19)21-13(2,3)4/h9-10H,5-8H2,1-4H3,(H,17,19). The van der Waals surface area contributed by atoms with E-state index >= 15 is 0 Å². The number of carbonyl (C=O) groups excluding carboxylic acids is 2. The Morgan fingerprint density at radius 3 is 2.48 bits per heavy atom. The maximum Gasteiger partial charge on any atom is 0.407 e. The molecule has 21 heavy (non-hydrogen) atoms. The minimum Gasteiger partial charge on any atom is -0.466 e. The third-order valence-electron chi connectivity index (χ3n) is 3.12. The highest BCUT2D eigenvalue weighted by molar-refractivity contribution is 5.75. The Labute approximate surface area is 123 Å². The van der Waals surface area contributed by atoms with E-state index < -0.39 is 42.0 Å². The zero-order chi connectivity index (χ0) is 16.3. The number of alkyl halides is 2. The van der Waals surface area contributed by atoms with Gasteiger partial charge in [0, 0.05) is 18.9 Å². The third-order valence-corrected chi connectivity index (χ3v) is 3.12. The van der Waals surface area contributed by atoms with Gasteiger partial charge in [-0.2, -0.15) is 0 Å². The lowest BCUT2D eigenvalue weighted by molar-refractivity contribution is -0.156. The van der Waals surface area contributed by atoms with Crippen LogP contribution in [0.25, 0.3) is 0 Å². The Morgan fingerprint density at radius 1 is 1.33 bits per heavy atom. The number of ether oxygens (including phenoxy) is 2. The van der Waals surface area contributed by atoms with E-state index in [1.807, 2.05) is 0 Å². The van der Waals surface area contributed by atoms with E-state index in [9.17, 15) is 18.4 Å². The Balaban J connectivity index is 2.73. The van der Waals surface area contributed by atoms with Crippen molar-refractivity contribution < 1.29 is 27.8 Å². The molecule has 0 spiro atoms. The molecule has 0 aromatic carbocycles. The van der Waals surface area contributed by atoms with Crippen LogP contribution in [0.1, 0.15) is 47.0 Å². The molecule has 2 atom stereocenters. The monoisotopic (exact) mass is 307 g/mol. The zero-order valence-electron chi connectivity index (χ0n) is 12.9. The maximum atomic E-state index is 13.5. The minimum absolute atomic E-state index is 0.00965. The van der Waals surface area contributed by atoms with E-state index in [1.165, 1.54) is 0 Å². The third kappa shape index (κ3) is 5.85. The maximum absolute atomic E-state index is 13.5. The van der Waals surface area contributed by atoms with Crippen molar-refractivity contribution in [1.29, 1.82) is 0 Å². The van der Waals surface area contributed by atoms with Crippen LogP contribution in [0.4, 0.5) is 13.6 Å². The van der Waals surface area contributed by atoms with Gasteiger partial charge >= 0.3 is 12.1 Å². The molecular formula is C14H23F2NO4. The van der Waals surface area contributed by atoms with Crippen LogP contribution in [0.2, 0.25) is 0 Å². The predicted octanol–water partition coefficient (Wildman–Crippen LogP) is 2.88. The van der Waals surface area contributed by atoms with Crippen LogP contribution in [0.15, 0.2) is 0 Å². The summed E-state index contributed by atoms with van der Waals surface area (Å²) in [7, 11) is 0. The van der Waals surface area contributed by atoms with Crippen LogP contribution >= 0.6 is 0 Å². The number of amides is 1. The molecule has 1 aliphatic carbocycles. The molecule has 1 rings (SSSR count). The van der Waals surface area contributed by atoms with E-state index in [4.69, 9.17) is 9.47 Å². The van der Waals surface area contributed by atoms with E-state index in [1.54, 1.807) is 27.7 Å². The molecule has 0 heterocycles. The molecule has 2 unspecified atom stereocenters. The lowest BCUT2D eigenvalue weighted by Crippen LogP contribution is -2.50. The summed E-state index contributed by atoms with van der Waals surface area (Å²) in [6, 6.07) is -0.696. The summed E-state index contributed by atoms with van der Waals surface area (Å²) in [6.45, 7) is 6.81. The van der Waals surface area contributed by atoms with Gasteiger partial charge in [-0.15, -0.1) is 0 Å². The molecule has 122 valence electrons. The van der Waals surface area contributed by atoms with Crippen LogP contribution < -0.4 is 5.32 Å². The van der Waals surface area contributed by atoms with Crippen molar-refractivity contribution in [2.24, 2.45) is 5.92 Å². The van der Waals surface area contributed by atoms with Gasteiger partial charge in [-0.3, -0.25) is 4.79 Å². The number of rotatable bonds is 3. The first-order chi connectivity index (χ1) is 9.54. The smallest absolute Gasteiger partial charge is 0.407 e. The summed E-state index contributed by atoms with van der Waals surface area (Å²) in [5, 5.41) is 2.51. The molecule has 1 saturated carbocycles. The van der Waals surface area contributed by atoms with Crippen molar-refractivity contribution in [2.75, 3.05) is 6.61 Å². The number of halogens is 2. The first kappa shape index (κ1) is 17.7. The molecule has 0 bridgehead atoms. The minimum atomic E-state index is -2.91. The first-order valence-electron chi connectivity index (χ1n) is 7.08. The van der Waals surface area contributed by atoms with Gasteiger partial charge in [0.05, 0.1) is 12.5 Å². The summed E-state index contributed by atoms with van der Waals surface area (Å²) in [5.41, 5.74) is -0.692. The van der Waals surface area contributed by atoms with Crippen LogP contribution in [0, 0.1) is 5.92 Å². The molecule has 0 radical (unpaired) electrons. The second kappa shape index (κ2) is 6.58. The van der Waals surface area contributed by atoms with Crippen LogP contribution in [0.5, 0.6) is 0 Å². The number of alkyl carbamates (subject to hydrolysis) is 1. The number of esters is 1. The van der Waals surface area contributed by atoms with E-state index in [0.717, 1.165) is 0 Å². The Kier molecular flexibility index (Phi) is 5.53. The van der Waals surface area contributed by atoms with Crippen molar-refractivity contribution in [2.45, 2.75) is 64.5 Å². The fourth-order valence-corrected chi connectivity index (χ4v) is 2.26. The number of nitrogens with one attached hydrogen (secondary N) is 1. The predicted molar refractivity (Wildman–Crippen MR) is 72.1 cm³/mol. The Morgan fingerprint density at radius 2 is 1.95 bits per heavy atom. The molecule has 1 fully saturated rings. The Bertz CT molecular complexity index is 393. The van der Waals surface area contributed by atoms with Crippen LogP contribution in [-0.4, -0.2) is 36.2 Å². The molecule has 0 aromatic rings. The molecule has 1 N–H and O–H groups in total. The molecule has 7 heteroatoms. The van der Waals surface area contributed by atoms with Gasteiger partial charge in [-0.1, -0.05) is 0 Å². The van der Waals surface area contributed by atoms with Gasteiger partial charge in [0.1, 0.15) is 5.60 Å². The quantitative estimate of drug-likeness (QED) is 0.814. The normalized spacial score (nSPS) is 25.0. The molecule has 0 saturated heterocycles. The summed E-state index contributed by atoms with van der Waals surface area (Å²) in [5.74, 6) is -4.68. The van der Waals surface area contributed by atoms with E-state index in [0.29, 0.717) is 0 Å². The van der Waals surface area contributed by atoms with E-state index in [2.05, 4.69) is 5.32 Å². The molecular weight excluding hydrogens is 284 g/mol. The Hall–Kier alpha value is -1.40. The number of hydrogen-bond acceptors (Lipinski definition) is 4. The van der Waals surface area contributed by atoms with Crippen molar-refractivity contribution >= 4 is 12.1 Å². The van der Waals surface area contributed by atoms with E-state index in [-0.39, 0.29) is 19.4 Å². The first-order valence-corrected chi connectivity index (χ1v) is 7.08. The van der Waals surface area contributed by atoms with Gasteiger partial charge < -0.3 is 14.8 Å². The highest BCUT2D eigenvalue weighted by atomic mass is 19.3. The topological polar surface area (TPSA) is 64.6 Å². The van der Waals surface area contributed by atoms with Gasteiger partial charge in [0.2, 0.25) is 5.92 Å². The lowest BCUT2D eigenvalue weighted by Gasteiger charge is -2.35. The fourth-order valence-electron chi connectivity index (χ4n) is 2.26. The largest absolute Gasteiger partial charge is 0.466 e. The van der Waals surface area contributed by atoms with Gasteiger partial charge in [0.25, 0.3) is 0 Å². The molecule has 0 aromatic heterocycles. The van der Waals surface area contributed by atoms with Crippen molar-refractivity contribution in [3.05, 3.63) is 0 Å². The molecule has 5 nitrogen and oxygen atoms in total. The number of carbonyl (C=O) groups is 2. The fraction of sp³-hybridized carbons (Fsp3) is 0.857. The van der Waals surface area contributed by atoms with Crippen LogP contribution in [-0.2, 0) is 14.3 Å². The van der Waals surface area contributed by atoms with Gasteiger partial charge in [-0.05, 0) is 34.1 Å². The summed E-state index contributed by atoms with van der Waals surface area (Å²) >= 11 is 0. The average molecular weight is 307 g/mol. The van der Waals surface area contributed by atoms with Gasteiger partial charge in [-0.25, -0.2) is 13.6 Å². The zero-order valence-corrected chi connectivity index (χ0v) is 12.9. The van der Waals surface area contributed by atoms with Crippen LogP contribution in [0.3, 0.4) is 0 Å². The SMILES string of the molecule is CCOC(=O)C1CC(F)(F)CCC1NC(=O)OC(C)(C)C. The number of hydrogen-bond donors (Lipinski definition) is 1. The second-order valence-corrected chi connectivity index (χ2v) is 6.21. The molecule has 1 amide bonds. The van der Waals surface area contributed by atoms with Gasteiger partial charge in [0.15, 0.2) is 0 Å². The summed E-state index contributed by atoms with van der Waals surface area (Å²) in [6.07, 6.45) is -1.70.